The molecule has 0 bridgehead atoms. The van der Waals surface area contributed by atoms with Crippen LogP contribution in [0.25, 0.3) is 0 Å². The van der Waals surface area contributed by atoms with E-state index in [4.69, 9.17) is 0 Å². The molecular weight excluding hydrogens is 200 g/mol. The molecule has 3 nitrogen and oxygen atoms in total. The van der Waals surface area contributed by atoms with Gasteiger partial charge in [-0.05, 0) is 37.3 Å². The molecule has 1 rings (SSSR count). The van der Waals surface area contributed by atoms with Gasteiger partial charge in [0.2, 0.25) is 5.91 Å². The fourth-order valence-corrected chi connectivity index (χ4v) is 2.31. The summed E-state index contributed by atoms with van der Waals surface area (Å²) in [5.74, 6) is 0.775. The minimum absolute atomic E-state index is 0.0946. The van der Waals surface area contributed by atoms with Crippen LogP contribution in [0.5, 0.6) is 0 Å². The van der Waals surface area contributed by atoms with E-state index in [0.717, 1.165) is 6.54 Å². The average Bonchev–Trinajstić information content (AvgIpc) is 2.14. The summed E-state index contributed by atoms with van der Waals surface area (Å²) < 4.78 is 0. The highest BCUT2D eigenvalue weighted by Gasteiger charge is 2.22. The number of nitrogens with one attached hydrogen (secondary N) is 1. The van der Waals surface area contributed by atoms with Crippen LogP contribution >= 0.6 is 0 Å². The maximum absolute atomic E-state index is 10.8. The molecule has 1 amide bonds. The van der Waals surface area contributed by atoms with Crippen molar-refractivity contribution in [3.05, 3.63) is 0 Å². The van der Waals surface area contributed by atoms with Crippen molar-refractivity contribution >= 4 is 5.91 Å². The highest BCUT2D eigenvalue weighted by atomic mass is 16.1. The summed E-state index contributed by atoms with van der Waals surface area (Å²) in [4.78, 5) is 13.4. The van der Waals surface area contributed by atoms with Crippen molar-refractivity contribution < 1.29 is 4.79 Å². The number of piperidine rings is 1. The number of hydrogen-bond donors (Lipinski definition) is 1. The number of nitrogens with zero attached hydrogens (tertiary/aromatic N) is 1. The molecule has 0 spiro atoms. The van der Waals surface area contributed by atoms with Gasteiger partial charge in [0.1, 0.15) is 0 Å². The van der Waals surface area contributed by atoms with E-state index in [0.29, 0.717) is 11.3 Å². The molecule has 16 heavy (non-hydrogen) atoms. The van der Waals surface area contributed by atoms with Crippen LogP contribution in [0.3, 0.4) is 0 Å². The van der Waals surface area contributed by atoms with Crippen molar-refractivity contribution in [2.24, 2.45) is 11.3 Å². The monoisotopic (exact) mass is 226 g/mol. The molecule has 0 saturated carbocycles. The van der Waals surface area contributed by atoms with Crippen LogP contribution in [0.1, 0.15) is 40.5 Å². The first-order chi connectivity index (χ1) is 7.37. The molecule has 0 unspecified atom stereocenters. The molecule has 0 radical (unpaired) electrons. The van der Waals surface area contributed by atoms with E-state index < -0.39 is 0 Å². The summed E-state index contributed by atoms with van der Waals surface area (Å²) in [5, 5.41) is 2.92. The molecule has 1 heterocycles. The van der Waals surface area contributed by atoms with Crippen LogP contribution in [0.15, 0.2) is 0 Å². The second kappa shape index (κ2) is 5.67. The Kier molecular flexibility index (Phi) is 4.78. The van der Waals surface area contributed by atoms with Crippen molar-refractivity contribution in [2.45, 2.75) is 40.5 Å². The molecule has 0 aromatic heterocycles. The van der Waals surface area contributed by atoms with Crippen LogP contribution < -0.4 is 5.32 Å². The van der Waals surface area contributed by atoms with Crippen LogP contribution in [0, 0.1) is 11.3 Å². The fraction of sp³-hybridized carbons (Fsp3) is 0.923. The molecule has 0 aromatic rings. The Hall–Kier alpha value is -0.570. The Morgan fingerprint density at radius 3 is 2.31 bits per heavy atom. The largest absolute Gasteiger partial charge is 0.356 e. The molecule has 1 N–H and O–H groups in total. The van der Waals surface area contributed by atoms with Crippen LogP contribution in [-0.4, -0.2) is 37.0 Å². The fourth-order valence-electron chi connectivity index (χ4n) is 2.31. The van der Waals surface area contributed by atoms with Gasteiger partial charge in [-0.1, -0.05) is 20.8 Å². The topological polar surface area (TPSA) is 32.3 Å². The summed E-state index contributed by atoms with van der Waals surface area (Å²) in [7, 11) is 0. The SMILES string of the molecule is CC(=O)NCC1CCN(CC(C)(C)C)CC1. The lowest BCUT2D eigenvalue weighted by Crippen LogP contribution is -2.41. The van der Waals surface area contributed by atoms with Gasteiger partial charge in [-0.2, -0.15) is 0 Å². The van der Waals surface area contributed by atoms with Gasteiger partial charge < -0.3 is 10.2 Å². The van der Waals surface area contributed by atoms with Gasteiger partial charge in [0.15, 0.2) is 0 Å². The van der Waals surface area contributed by atoms with E-state index in [-0.39, 0.29) is 5.91 Å². The number of hydrogen-bond acceptors (Lipinski definition) is 2. The first-order valence-electron chi connectivity index (χ1n) is 6.33. The second-order valence-electron chi connectivity index (χ2n) is 6.22. The number of carbonyl (C=O) groups is 1. The summed E-state index contributed by atoms with van der Waals surface area (Å²) in [6, 6.07) is 0. The number of amides is 1. The van der Waals surface area contributed by atoms with Gasteiger partial charge >= 0.3 is 0 Å². The van der Waals surface area contributed by atoms with Crippen LogP contribution in [0.2, 0.25) is 0 Å². The minimum atomic E-state index is 0.0946. The summed E-state index contributed by atoms with van der Waals surface area (Å²) in [5.41, 5.74) is 0.393. The van der Waals surface area contributed by atoms with Gasteiger partial charge in [0.25, 0.3) is 0 Å². The highest BCUT2D eigenvalue weighted by molar-refractivity contribution is 5.72. The smallest absolute Gasteiger partial charge is 0.216 e. The lowest BCUT2D eigenvalue weighted by molar-refractivity contribution is -0.119. The molecule has 0 atom stereocenters. The van der Waals surface area contributed by atoms with Gasteiger partial charge in [-0.3, -0.25) is 4.79 Å². The highest BCUT2D eigenvalue weighted by Crippen LogP contribution is 2.21. The van der Waals surface area contributed by atoms with Crippen LogP contribution in [0.4, 0.5) is 0 Å². The molecule has 1 aliphatic heterocycles. The van der Waals surface area contributed by atoms with Gasteiger partial charge in [0.05, 0.1) is 0 Å². The van der Waals surface area contributed by atoms with Crippen LogP contribution in [-0.2, 0) is 4.79 Å². The molecule has 0 aromatic carbocycles. The maximum Gasteiger partial charge on any atom is 0.216 e. The van der Waals surface area contributed by atoms with E-state index in [1.54, 1.807) is 6.92 Å². The lowest BCUT2D eigenvalue weighted by atomic mass is 9.92. The summed E-state index contributed by atoms with van der Waals surface area (Å²) in [6.07, 6.45) is 2.44. The predicted octanol–water partition coefficient (Wildman–Crippen LogP) is 1.88. The maximum atomic E-state index is 10.8. The number of carbonyl (C=O) groups excluding carboxylic acids is 1. The number of rotatable bonds is 3. The van der Waals surface area contributed by atoms with E-state index in [1.165, 1.54) is 32.5 Å². The zero-order valence-electron chi connectivity index (χ0n) is 11.2. The Morgan fingerprint density at radius 2 is 1.88 bits per heavy atom. The third-order valence-electron chi connectivity index (χ3n) is 3.04. The average molecular weight is 226 g/mol. The third-order valence-corrected chi connectivity index (χ3v) is 3.04. The Bertz CT molecular complexity index is 225. The van der Waals surface area contributed by atoms with Gasteiger partial charge in [0, 0.05) is 20.0 Å². The van der Waals surface area contributed by atoms with Crippen molar-refractivity contribution in [1.82, 2.24) is 10.2 Å². The normalized spacial score (nSPS) is 19.8. The van der Waals surface area contributed by atoms with Crippen molar-refractivity contribution in [3.63, 3.8) is 0 Å². The predicted molar refractivity (Wildman–Crippen MR) is 67.3 cm³/mol. The van der Waals surface area contributed by atoms with Gasteiger partial charge in [-0.15, -0.1) is 0 Å². The summed E-state index contributed by atoms with van der Waals surface area (Å²) >= 11 is 0. The quantitative estimate of drug-likeness (QED) is 0.797. The first-order valence-corrected chi connectivity index (χ1v) is 6.33. The third kappa shape index (κ3) is 5.50. The standard InChI is InChI=1S/C13H26N2O/c1-11(16)14-9-12-5-7-15(8-6-12)10-13(2,3)4/h12H,5-10H2,1-4H3,(H,14,16). The zero-order valence-corrected chi connectivity index (χ0v) is 11.2. The molecule has 3 heteroatoms. The molecule has 1 saturated heterocycles. The molecular formula is C13H26N2O. The Labute approximate surface area is 99.6 Å². The van der Waals surface area contributed by atoms with Crippen molar-refractivity contribution in [1.29, 1.82) is 0 Å². The number of likely N-dealkylation sites (tertiary alicyclic amines) is 1. The Morgan fingerprint density at radius 1 is 1.31 bits per heavy atom. The summed E-state index contributed by atoms with van der Waals surface area (Å²) in [6.45, 7) is 12.9. The molecule has 1 fully saturated rings. The lowest BCUT2D eigenvalue weighted by Gasteiger charge is -2.35. The molecule has 0 aliphatic carbocycles. The van der Waals surface area contributed by atoms with Crippen molar-refractivity contribution in [3.8, 4) is 0 Å². The second-order valence-corrected chi connectivity index (χ2v) is 6.22. The Balaban J connectivity index is 2.21. The van der Waals surface area contributed by atoms with E-state index >= 15 is 0 Å². The molecule has 94 valence electrons. The van der Waals surface area contributed by atoms with E-state index in [2.05, 4.69) is 31.0 Å². The van der Waals surface area contributed by atoms with Crippen molar-refractivity contribution in [2.75, 3.05) is 26.2 Å². The molecule has 1 aliphatic rings. The first kappa shape index (κ1) is 13.5. The van der Waals surface area contributed by atoms with E-state index in [9.17, 15) is 4.79 Å². The minimum Gasteiger partial charge on any atom is -0.356 e. The van der Waals surface area contributed by atoms with E-state index in [1.807, 2.05) is 0 Å². The zero-order chi connectivity index (χ0) is 12.2. The van der Waals surface area contributed by atoms with Gasteiger partial charge in [-0.25, -0.2) is 0 Å².